The average Bonchev–Trinajstić information content (AvgIpc) is 1.69. The number of aromatic hydroxyl groups is 2. The number of phenols is 2. The fourth-order valence-corrected chi connectivity index (χ4v) is 17.6. The standard InChI is InChI=1S/C31H43NO3.C29H38O4.C5H12N2.C4H9N.C4H11N.3C2H7N.CH4/c1-20-16-22-18-24(33)8-9-25(22)26-12-14-31(2)23(7-10-27(31)30(20)26)13-15-35-28-11-6-21(19-32(3)4)17-29(28)34-5;1-18-15-19-16-21(30)6-8-23(19)24-11-13-29(2)20(5-9-25(29)28(18)24)12-14-33-26-10-7-22(31-3)17-27(26)32-4;1-7-4-2-6-3-5-7;1-2-4-5-3-1;1-3-5-4-2;3*1-3-2;/h6,8-9,11,17-18,20,23,26-27,30,33H,7,10,12-16,19H2,1-5H3;6-8,10,16-18,20,24-25,28,30H,5,9,11-15H2,1-4H3;6H,2-5H2,1H3;5H,1-4H2;5H,3-4H2,1-2H3;3*3H,1-2H3;1H4/t20-,23-,26?,27?,30?,31?;18-,20-,24?,25?,28?,29?;;;;;;;/m11......./s1. The molecule has 0 amide bonds. The number of nitrogens with one attached hydrogen (secondary N) is 6. The number of hydrogen-bond acceptors (Lipinski definition) is 15. The van der Waals surface area contributed by atoms with Crippen LogP contribution >= 0.6 is 0 Å². The van der Waals surface area contributed by atoms with E-state index in [1.165, 1.54) is 118 Å². The van der Waals surface area contributed by atoms with Crippen molar-refractivity contribution in [3.05, 3.63) is 101 Å². The van der Waals surface area contributed by atoms with Crippen LogP contribution in [0.15, 0.2) is 72.8 Å². The van der Waals surface area contributed by atoms with Crippen LogP contribution in [0.2, 0.25) is 0 Å². The van der Waals surface area contributed by atoms with Gasteiger partial charge in [0.05, 0.1) is 34.5 Å². The summed E-state index contributed by atoms with van der Waals surface area (Å²) in [5, 5.41) is 37.9. The van der Waals surface area contributed by atoms with Crippen molar-refractivity contribution in [1.82, 2.24) is 41.7 Å². The van der Waals surface area contributed by atoms with E-state index in [4.69, 9.17) is 23.7 Å². The summed E-state index contributed by atoms with van der Waals surface area (Å²) in [7, 11) is 22.6. The molecule has 4 aromatic carbocycles. The van der Waals surface area contributed by atoms with Gasteiger partial charge in [-0.25, -0.2) is 0 Å². The van der Waals surface area contributed by atoms with Gasteiger partial charge in [-0.3, -0.25) is 0 Å². The van der Waals surface area contributed by atoms with Gasteiger partial charge in [-0.2, -0.15) is 0 Å². The lowest BCUT2D eigenvalue weighted by molar-refractivity contribution is 0.000861. The number of rotatable bonds is 15. The maximum atomic E-state index is 10.0. The number of piperazine rings is 1. The summed E-state index contributed by atoms with van der Waals surface area (Å²) in [5.41, 5.74) is 7.84. The maximum Gasteiger partial charge on any atom is 0.164 e. The van der Waals surface area contributed by atoms with Gasteiger partial charge >= 0.3 is 0 Å². The molecule has 12 atom stereocenters. The lowest BCUT2D eigenvalue weighted by Crippen LogP contribution is -2.45. The van der Waals surface area contributed by atoms with Crippen LogP contribution in [-0.2, 0) is 19.4 Å². The molecule has 0 spiro atoms. The highest BCUT2D eigenvalue weighted by molar-refractivity contribution is 5.46. The highest BCUT2D eigenvalue weighted by Gasteiger charge is 2.57. The van der Waals surface area contributed by atoms with Crippen LogP contribution < -0.4 is 55.6 Å². The van der Waals surface area contributed by atoms with Crippen LogP contribution in [0.4, 0.5) is 0 Å². The number of phenolic OH excluding ortho intramolecular Hbond substituents is 2. The fourth-order valence-electron chi connectivity index (χ4n) is 17.6. The summed E-state index contributed by atoms with van der Waals surface area (Å²) in [6, 6.07) is 24.3. The van der Waals surface area contributed by atoms with Gasteiger partial charge in [0.2, 0.25) is 0 Å². The van der Waals surface area contributed by atoms with Gasteiger partial charge in [-0.05, 0) is 326 Å². The maximum absolute atomic E-state index is 10.0. The molecule has 4 saturated carbocycles. The summed E-state index contributed by atoms with van der Waals surface area (Å²) >= 11 is 0. The van der Waals surface area contributed by atoms with Crippen molar-refractivity contribution in [2.75, 3.05) is 150 Å². The molecule has 4 aromatic rings. The minimum Gasteiger partial charge on any atom is -0.508 e. The lowest BCUT2D eigenvalue weighted by atomic mass is 9.51. The van der Waals surface area contributed by atoms with E-state index >= 15 is 0 Å². The van der Waals surface area contributed by atoms with Gasteiger partial charge in [0, 0.05) is 38.8 Å². The Morgan fingerprint density at radius 1 is 0.558 bits per heavy atom. The Bertz CT molecular complexity index is 2730. The normalized spacial score (nSPS) is 27.0. The third-order valence-electron chi connectivity index (χ3n) is 21.9. The number of methoxy groups -OCH3 is 3. The first kappa shape index (κ1) is 82.6. The number of likely N-dealkylation sites (N-methyl/N-ethyl adjacent to an activating group) is 1. The summed E-state index contributed by atoms with van der Waals surface area (Å²) in [4.78, 5) is 4.49. The van der Waals surface area contributed by atoms with Crippen LogP contribution in [-0.4, -0.2) is 170 Å². The Balaban J connectivity index is 0.000000292. The van der Waals surface area contributed by atoms with Crippen molar-refractivity contribution in [3.8, 4) is 40.2 Å². The number of fused-ring (bicyclic) bond motifs is 10. The van der Waals surface area contributed by atoms with Gasteiger partial charge < -0.3 is 75.6 Å². The molecule has 8 unspecified atom stereocenters. The molecule has 6 aliphatic carbocycles. The first-order valence-corrected chi connectivity index (χ1v) is 36.3. The molecule has 6 fully saturated rings. The molecular formula is C80H138N8O7. The molecule has 0 radical (unpaired) electrons. The Hall–Kier alpha value is -4.84. The smallest absolute Gasteiger partial charge is 0.164 e. The highest BCUT2D eigenvalue weighted by Crippen LogP contribution is 2.66. The highest BCUT2D eigenvalue weighted by atomic mass is 16.5. The number of ether oxygens (including phenoxy) is 5. The van der Waals surface area contributed by atoms with Gasteiger partial charge in [0.25, 0.3) is 0 Å². The fraction of sp³-hybridized carbons (Fsp3) is 0.700. The SMILES string of the molecule is C.C1CCNC1.CCNCC.CN1CCNCC1.CNC.CNC.CNC.COc1cc(CN(C)C)ccc1OCC[C@H]1CCC2C3C(CCC21C)c1ccc(O)cc1C[C@H]3C.COc1ccc(OCC[C@H]2CCC3C4C(CCC32C)c2ccc(O)cc2C[C@H]4C)c(OC)c1. The van der Waals surface area contributed by atoms with E-state index in [9.17, 15) is 10.2 Å². The summed E-state index contributed by atoms with van der Waals surface area (Å²) < 4.78 is 28.9. The molecule has 2 heterocycles. The number of hydrogen-bond donors (Lipinski definition) is 8. The molecule has 15 heteroatoms. The second-order valence-corrected chi connectivity index (χ2v) is 28.8. The molecule has 0 bridgehead atoms. The van der Waals surface area contributed by atoms with E-state index in [2.05, 4.69) is 135 Å². The zero-order chi connectivity index (χ0) is 68.8. The average molecular weight is 1320 g/mol. The van der Waals surface area contributed by atoms with Crippen LogP contribution in [0.5, 0.6) is 40.2 Å². The van der Waals surface area contributed by atoms with Gasteiger partial charge in [-0.15, -0.1) is 0 Å². The Morgan fingerprint density at radius 2 is 0.989 bits per heavy atom. The Kier molecular flexibility index (Phi) is 37.3. The summed E-state index contributed by atoms with van der Waals surface area (Å²) in [6.07, 6.45) is 17.7. The second-order valence-electron chi connectivity index (χ2n) is 28.8. The molecule has 540 valence electrons. The predicted octanol–water partition coefficient (Wildman–Crippen LogP) is 13.9. The molecule has 12 rings (SSSR count). The number of nitrogens with zero attached hydrogens (tertiary/aromatic N) is 2. The third-order valence-corrected chi connectivity index (χ3v) is 21.9. The van der Waals surface area contributed by atoms with E-state index < -0.39 is 0 Å². The molecule has 0 aromatic heterocycles. The lowest BCUT2D eigenvalue weighted by Gasteiger charge is -2.53. The van der Waals surface area contributed by atoms with E-state index in [0.717, 1.165) is 130 Å². The molecule has 8 aliphatic rings. The van der Waals surface area contributed by atoms with Crippen LogP contribution in [0, 0.1) is 58.2 Å². The van der Waals surface area contributed by atoms with Crippen molar-refractivity contribution in [2.45, 2.75) is 157 Å². The zero-order valence-electron chi connectivity index (χ0n) is 62.2. The minimum absolute atomic E-state index is 0. The molecule has 95 heavy (non-hydrogen) atoms. The minimum atomic E-state index is 0. The Labute approximate surface area is 579 Å². The van der Waals surface area contributed by atoms with E-state index in [0.29, 0.717) is 51.9 Å². The van der Waals surface area contributed by atoms with E-state index in [-0.39, 0.29) is 7.43 Å². The van der Waals surface area contributed by atoms with E-state index in [1.54, 1.807) is 21.3 Å². The van der Waals surface area contributed by atoms with Crippen LogP contribution in [0.1, 0.15) is 166 Å². The number of benzene rings is 4. The monoisotopic (exact) mass is 1320 g/mol. The molecule has 8 N–H and O–H groups in total. The van der Waals surface area contributed by atoms with Gasteiger partial charge in [0.15, 0.2) is 23.0 Å². The topological polar surface area (TPSA) is 165 Å². The van der Waals surface area contributed by atoms with E-state index in [1.807, 2.05) is 84.8 Å². The summed E-state index contributed by atoms with van der Waals surface area (Å²) in [6.45, 7) is 26.1. The van der Waals surface area contributed by atoms with Gasteiger partial charge in [0.1, 0.15) is 17.2 Å². The molecule has 15 nitrogen and oxygen atoms in total. The van der Waals surface area contributed by atoms with Crippen LogP contribution in [0.25, 0.3) is 0 Å². The first-order valence-electron chi connectivity index (χ1n) is 36.3. The summed E-state index contributed by atoms with van der Waals surface area (Å²) in [5.74, 6) is 12.0. The van der Waals surface area contributed by atoms with Gasteiger partial charge in [-0.1, -0.05) is 67.2 Å². The first-order chi connectivity index (χ1) is 45.3. The van der Waals surface area contributed by atoms with Crippen molar-refractivity contribution in [1.29, 1.82) is 0 Å². The second kappa shape index (κ2) is 42.9. The van der Waals surface area contributed by atoms with Crippen molar-refractivity contribution in [2.24, 2.45) is 58.2 Å². The Morgan fingerprint density at radius 3 is 1.36 bits per heavy atom. The zero-order valence-corrected chi connectivity index (χ0v) is 62.2. The predicted molar refractivity (Wildman–Crippen MR) is 400 cm³/mol. The molecule has 2 aliphatic heterocycles. The van der Waals surface area contributed by atoms with Crippen molar-refractivity contribution >= 4 is 0 Å². The largest absolute Gasteiger partial charge is 0.508 e. The van der Waals surface area contributed by atoms with Crippen LogP contribution in [0.3, 0.4) is 0 Å². The van der Waals surface area contributed by atoms with Crippen molar-refractivity contribution in [3.63, 3.8) is 0 Å². The van der Waals surface area contributed by atoms with Crippen molar-refractivity contribution < 1.29 is 33.9 Å². The third kappa shape index (κ3) is 23.4. The quantitative estimate of drug-likeness (QED) is 0.0566. The molecule has 2 saturated heterocycles. The molecular weight excluding hydrogens is 1180 g/mol.